The normalized spacial score (nSPS) is 10.8. The van der Waals surface area contributed by atoms with Crippen molar-refractivity contribution < 1.29 is 14.6 Å². The monoisotopic (exact) mass is 358 g/mol. The summed E-state index contributed by atoms with van der Waals surface area (Å²) < 4.78 is 7.22. The van der Waals surface area contributed by atoms with Gasteiger partial charge in [0, 0.05) is 35.7 Å². The first-order valence-electron chi connectivity index (χ1n) is 7.88. The third kappa shape index (κ3) is 3.56. The molecule has 2 N–H and O–H groups in total. The Morgan fingerprint density at radius 3 is 2.84 bits per heavy atom. The fourth-order valence-corrected chi connectivity index (χ4v) is 3.10. The van der Waals surface area contributed by atoms with Gasteiger partial charge < -0.3 is 19.7 Å². The van der Waals surface area contributed by atoms with E-state index in [1.54, 1.807) is 30.3 Å². The van der Waals surface area contributed by atoms with Crippen molar-refractivity contribution in [3.8, 4) is 11.5 Å². The number of hydrogen-bond donors (Lipinski definition) is 2. The summed E-state index contributed by atoms with van der Waals surface area (Å²) in [4.78, 5) is 12.4. The minimum atomic E-state index is -0.234. The quantitative estimate of drug-likeness (QED) is 0.733. The molecule has 1 aromatic heterocycles. The number of carbonyl (C=O) groups excluding carboxylic acids is 1. The standard InChI is InChI=1S/C19H19ClN2O3/c1-22-11-12(15-10-14(23)4-5-17(15)22)7-8-21-19(24)16-9-13(20)3-6-18(16)25-2/h3-6,9-11,23H,7-8H2,1-2H3,(H,21,24). The summed E-state index contributed by atoms with van der Waals surface area (Å²) in [5.74, 6) is 0.479. The fraction of sp³-hybridized carbons (Fsp3) is 0.211. The van der Waals surface area contributed by atoms with E-state index in [1.165, 1.54) is 7.11 Å². The maximum Gasteiger partial charge on any atom is 0.255 e. The lowest BCUT2D eigenvalue weighted by molar-refractivity contribution is 0.0951. The zero-order valence-corrected chi connectivity index (χ0v) is 14.8. The van der Waals surface area contributed by atoms with E-state index in [4.69, 9.17) is 16.3 Å². The van der Waals surface area contributed by atoms with Crippen LogP contribution in [0, 0.1) is 0 Å². The average molecular weight is 359 g/mol. The Labute approximate surface area is 150 Å². The number of nitrogens with one attached hydrogen (secondary N) is 1. The van der Waals surface area contributed by atoms with Gasteiger partial charge in [-0.2, -0.15) is 0 Å². The molecule has 0 aliphatic carbocycles. The number of fused-ring (bicyclic) bond motifs is 1. The SMILES string of the molecule is COc1ccc(Cl)cc1C(=O)NCCc1cn(C)c2ccc(O)cc12. The number of amides is 1. The Hall–Kier alpha value is -2.66. The Balaban J connectivity index is 1.72. The number of hydrogen-bond acceptors (Lipinski definition) is 3. The van der Waals surface area contributed by atoms with Gasteiger partial charge in [0.2, 0.25) is 0 Å². The Morgan fingerprint density at radius 2 is 2.08 bits per heavy atom. The predicted molar refractivity (Wildman–Crippen MR) is 98.6 cm³/mol. The highest BCUT2D eigenvalue weighted by Crippen LogP contribution is 2.25. The Morgan fingerprint density at radius 1 is 1.28 bits per heavy atom. The molecule has 0 atom stereocenters. The maximum atomic E-state index is 12.4. The van der Waals surface area contributed by atoms with Gasteiger partial charge in [-0.1, -0.05) is 11.6 Å². The molecular formula is C19H19ClN2O3. The third-order valence-electron chi connectivity index (χ3n) is 4.14. The zero-order valence-electron chi connectivity index (χ0n) is 14.0. The smallest absolute Gasteiger partial charge is 0.255 e. The summed E-state index contributed by atoms with van der Waals surface area (Å²) in [6.45, 7) is 0.462. The van der Waals surface area contributed by atoms with Crippen LogP contribution in [0.25, 0.3) is 10.9 Å². The van der Waals surface area contributed by atoms with Crippen LogP contribution in [0.5, 0.6) is 11.5 Å². The number of aromatic nitrogens is 1. The minimum absolute atomic E-state index is 0.229. The van der Waals surface area contributed by atoms with E-state index in [2.05, 4.69) is 5.32 Å². The van der Waals surface area contributed by atoms with Gasteiger partial charge in [-0.15, -0.1) is 0 Å². The van der Waals surface area contributed by atoms with Gasteiger partial charge in [-0.3, -0.25) is 4.79 Å². The van der Waals surface area contributed by atoms with Crippen molar-refractivity contribution in [2.75, 3.05) is 13.7 Å². The molecule has 0 saturated heterocycles. The second-order valence-corrected chi connectivity index (χ2v) is 6.25. The highest BCUT2D eigenvalue weighted by Gasteiger charge is 2.13. The van der Waals surface area contributed by atoms with Gasteiger partial charge in [0.25, 0.3) is 5.91 Å². The van der Waals surface area contributed by atoms with Gasteiger partial charge in [0.1, 0.15) is 11.5 Å². The van der Waals surface area contributed by atoms with E-state index in [0.29, 0.717) is 29.3 Å². The van der Waals surface area contributed by atoms with Crippen molar-refractivity contribution in [1.29, 1.82) is 0 Å². The lowest BCUT2D eigenvalue weighted by Gasteiger charge is -2.09. The van der Waals surface area contributed by atoms with Crippen LogP contribution in [0.4, 0.5) is 0 Å². The molecule has 6 heteroatoms. The molecule has 3 rings (SSSR count). The molecule has 25 heavy (non-hydrogen) atoms. The summed E-state index contributed by atoms with van der Waals surface area (Å²) >= 11 is 5.97. The van der Waals surface area contributed by atoms with Gasteiger partial charge >= 0.3 is 0 Å². The van der Waals surface area contributed by atoms with Crippen LogP contribution in [0.3, 0.4) is 0 Å². The third-order valence-corrected chi connectivity index (χ3v) is 4.38. The van der Waals surface area contributed by atoms with Crippen molar-refractivity contribution in [2.24, 2.45) is 7.05 Å². The molecule has 0 saturated carbocycles. The van der Waals surface area contributed by atoms with E-state index < -0.39 is 0 Å². The van der Waals surface area contributed by atoms with Crippen molar-refractivity contribution >= 4 is 28.4 Å². The van der Waals surface area contributed by atoms with Gasteiger partial charge in [-0.25, -0.2) is 0 Å². The molecule has 2 aromatic carbocycles. The molecule has 0 aliphatic rings. The second-order valence-electron chi connectivity index (χ2n) is 5.82. The number of halogens is 1. The lowest BCUT2D eigenvalue weighted by atomic mass is 10.1. The molecule has 1 amide bonds. The molecule has 0 fully saturated rings. The molecule has 5 nitrogen and oxygen atoms in total. The summed E-state index contributed by atoms with van der Waals surface area (Å²) in [7, 11) is 3.47. The molecule has 130 valence electrons. The Bertz CT molecular complexity index is 934. The highest BCUT2D eigenvalue weighted by molar-refractivity contribution is 6.31. The Kier molecular flexibility index (Phi) is 4.86. The molecule has 0 unspecified atom stereocenters. The van der Waals surface area contributed by atoms with Crippen molar-refractivity contribution in [2.45, 2.75) is 6.42 Å². The number of rotatable bonds is 5. The van der Waals surface area contributed by atoms with Gasteiger partial charge in [0.05, 0.1) is 12.7 Å². The van der Waals surface area contributed by atoms with E-state index in [0.717, 1.165) is 16.5 Å². The van der Waals surface area contributed by atoms with E-state index in [1.807, 2.05) is 23.9 Å². The summed E-state index contributed by atoms with van der Waals surface area (Å²) in [6.07, 6.45) is 2.66. The van der Waals surface area contributed by atoms with Crippen molar-refractivity contribution in [3.63, 3.8) is 0 Å². The highest BCUT2D eigenvalue weighted by atomic mass is 35.5. The number of aryl methyl sites for hydroxylation is 1. The van der Waals surface area contributed by atoms with E-state index in [9.17, 15) is 9.90 Å². The number of phenols is 1. The molecule has 3 aromatic rings. The van der Waals surface area contributed by atoms with Gasteiger partial charge in [0.15, 0.2) is 0 Å². The summed E-state index contributed by atoms with van der Waals surface area (Å²) in [6, 6.07) is 10.2. The van der Waals surface area contributed by atoms with Gasteiger partial charge in [-0.05, 0) is 48.4 Å². The molecule has 0 aliphatic heterocycles. The first kappa shape index (κ1) is 17.2. The first-order valence-corrected chi connectivity index (χ1v) is 8.26. The average Bonchev–Trinajstić information content (AvgIpc) is 2.90. The maximum absolute atomic E-state index is 12.4. The minimum Gasteiger partial charge on any atom is -0.508 e. The van der Waals surface area contributed by atoms with Crippen LogP contribution >= 0.6 is 11.6 Å². The molecule has 1 heterocycles. The zero-order chi connectivity index (χ0) is 18.0. The number of aromatic hydroxyl groups is 1. The molecule has 0 spiro atoms. The number of benzene rings is 2. The second kappa shape index (κ2) is 7.07. The summed E-state index contributed by atoms with van der Waals surface area (Å²) in [5, 5.41) is 14.1. The van der Waals surface area contributed by atoms with Crippen LogP contribution in [0.2, 0.25) is 5.02 Å². The molecule has 0 radical (unpaired) electrons. The van der Waals surface area contributed by atoms with Crippen molar-refractivity contribution in [1.82, 2.24) is 9.88 Å². The fourth-order valence-electron chi connectivity index (χ4n) is 2.92. The topological polar surface area (TPSA) is 63.5 Å². The number of carbonyl (C=O) groups is 1. The largest absolute Gasteiger partial charge is 0.508 e. The number of phenolic OH excluding ortho intramolecular Hbond substituents is 1. The lowest BCUT2D eigenvalue weighted by Crippen LogP contribution is -2.26. The molecular weight excluding hydrogens is 340 g/mol. The van der Waals surface area contributed by atoms with Crippen molar-refractivity contribution in [3.05, 3.63) is 58.7 Å². The predicted octanol–water partition coefficient (Wildman–Crippen LogP) is 3.52. The van der Waals surface area contributed by atoms with Crippen LogP contribution in [0.1, 0.15) is 15.9 Å². The van der Waals surface area contributed by atoms with Crippen LogP contribution in [-0.2, 0) is 13.5 Å². The van der Waals surface area contributed by atoms with Crippen LogP contribution in [-0.4, -0.2) is 29.2 Å². The van der Waals surface area contributed by atoms with E-state index in [-0.39, 0.29) is 11.7 Å². The van der Waals surface area contributed by atoms with Crippen LogP contribution in [0.15, 0.2) is 42.6 Å². The number of nitrogens with zero attached hydrogens (tertiary/aromatic N) is 1. The number of ether oxygens (including phenoxy) is 1. The summed E-state index contributed by atoms with van der Waals surface area (Å²) in [5.41, 5.74) is 2.51. The first-order chi connectivity index (χ1) is 12.0. The molecule has 0 bridgehead atoms. The van der Waals surface area contributed by atoms with Crippen LogP contribution < -0.4 is 10.1 Å². The number of methoxy groups -OCH3 is 1. The van der Waals surface area contributed by atoms with E-state index >= 15 is 0 Å².